The summed E-state index contributed by atoms with van der Waals surface area (Å²) in [7, 11) is 3.70. The minimum Gasteiger partial charge on any atom is -0.497 e. The van der Waals surface area contributed by atoms with Crippen LogP contribution in [0.5, 0.6) is 5.75 Å². The van der Waals surface area contributed by atoms with Crippen molar-refractivity contribution in [1.29, 1.82) is 0 Å². The summed E-state index contributed by atoms with van der Waals surface area (Å²) < 4.78 is 9.34. The fourth-order valence-electron chi connectivity index (χ4n) is 3.77. The lowest BCUT2D eigenvalue weighted by Crippen LogP contribution is -2.00. The summed E-state index contributed by atoms with van der Waals surface area (Å²) in [6.45, 7) is 0. The molecule has 2 aromatic heterocycles. The van der Waals surface area contributed by atoms with Gasteiger partial charge in [-0.2, -0.15) is 5.10 Å². The van der Waals surface area contributed by atoms with Gasteiger partial charge in [-0.25, -0.2) is 4.68 Å². The molecule has 0 unspecified atom stereocenters. The molecular weight excluding hydrogens is 442 g/mol. The van der Waals surface area contributed by atoms with Gasteiger partial charge in [0.15, 0.2) is 5.16 Å². The second kappa shape index (κ2) is 9.97. The molecule has 5 aromatic rings. The van der Waals surface area contributed by atoms with Crippen LogP contribution in [-0.4, -0.2) is 31.7 Å². The molecule has 0 spiro atoms. The van der Waals surface area contributed by atoms with Crippen molar-refractivity contribution in [2.75, 3.05) is 7.11 Å². The van der Waals surface area contributed by atoms with E-state index in [1.165, 1.54) is 5.56 Å². The molecule has 0 aliphatic heterocycles. The highest BCUT2D eigenvalue weighted by molar-refractivity contribution is 7.98. The highest BCUT2D eigenvalue weighted by atomic mass is 32.2. The van der Waals surface area contributed by atoms with Crippen molar-refractivity contribution in [2.45, 2.75) is 17.3 Å². The first kappa shape index (κ1) is 22.0. The van der Waals surface area contributed by atoms with E-state index in [2.05, 4.69) is 45.2 Å². The first-order chi connectivity index (χ1) is 16.7. The number of methoxy groups -OCH3 is 1. The van der Waals surface area contributed by atoms with Gasteiger partial charge in [0.25, 0.3) is 0 Å². The maximum atomic E-state index is 5.33. The van der Waals surface area contributed by atoms with Gasteiger partial charge in [-0.05, 0) is 42.0 Å². The van der Waals surface area contributed by atoms with Gasteiger partial charge in [-0.15, -0.1) is 10.2 Å². The lowest BCUT2D eigenvalue weighted by atomic mass is 10.1. The van der Waals surface area contributed by atoms with Crippen LogP contribution >= 0.6 is 11.8 Å². The Morgan fingerprint density at radius 2 is 1.56 bits per heavy atom. The van der Waals surface area contributed by atoms with Crippen molar-refractivity contribution in [2.24, 2.45) is 7.05 Å². The zero-order chi connectivity index (χ0) is 23.3. The zero-order valence-electron chi connectivity index (χ0n) is 19.1. The van der Waals surface area contributed by atoms with E-state index in [-0.39, 0.29) is 0 Å². The van der Waals surface area contributed by atoms with Gasteiger partial charge in [0.2, 0.25) is 0 Å². The normalized spacial score (nSPS) is 11.0. The molecule has 0 saturated carbocycles. The molecule has 3 aromatic carbocycles. The predicted molar refractivity (Wildman–Crippen MR) is 135 cm³/mol. The quantitative estimate of drug-likeness (QED) is 0.280. The molecule has 5 rings (SSSR count). The van der Waals surface area contributed by atoms with Crippen LogP contribution in [0, 0.1) is 0 Å². The minimum absolute atomic E-state index is 0.728. The predicted octanol–water partition coefficient (Wildman–Crippen LogP) is 5.56. The molecule has 0 amide bonds. The number of nitrogens with zero attached hydrogens (tertiary/aromatic N) is 5. The molecule has 170 valence electrons. The number of hydrogen-bond donors (Lipinski definition) is 0. The molecule has 0 atom stereocenters. The average molecular weight is 468 g/mol. The lowest BCUT2D eigenvalue weighted by molar-refractivity contribution is 0.415. The second-order valence-electron chi connectivity index (χ2n) is 7.92. The van der Waals surface area contributed by atoms with Crippen LogP contribution in [0.1, 0.15) is 17.0 Å². The van der Waals surface area contributed by atoms with Gasteiger partial charge in [0.05, 0.1) is 18.5 Å². The largest absolute Gasteiger partial charge is 0.497 e. The van der Waals surface area contributed by atoms with Crippen LogP contribution in [0.25, 0.3) is 16.9 Å². The highest BCUT2D eigenvalue weighted by Gasteiger charge is 2.16. The van der Waals surface area contributed by atoms with E-state index in [4.69, 9.17) is 9.84 Å². The van der Waals surface area contributed by atoms with Crippen LogP contribution in [0.3, 0.4) is 0 Å². The van der Waals surface area contributed by atoms with Gasteiger partial charge >= 0.3 is 0 Å². The van der Waals surface area contributed by atoms with E-state index < -0.39 is 0 Å². The molecule has 7 heteroatoms. The standard InChI is InChI=1S/C27H25N5OS/c1-31-25(17-20-9-5-3-6-10-20)28-29-27(31)34-19-22-18-32(23-11-7-4-8-12-23)30-26(22)21-13-15-24(33-2)16-14-21/h3-16,18H,17,19H2,1-2H3. The summed E-state index contributed by atoms with van der Waals surface area (Å²) in [5.41, 5.74) is 5.38. The maximum absolute atomic E-state index is 5.33. The molecule has 0 saturated heterocycles. The number of thioether (sulfide) groups is 1. The highest BCUT2D eigenvalue weighted by Crippen LogP contribution is 2.30. The molecule has 0 aliphatic carbocycles. The molecular formula is C27H25N5OS. The van der Waals surface area contributed by atoms with Crippen LogP contribution in [0.4, 0.5) is 0 Å². The van der Waals surface area contributed by atoms with Gasteiger partial charge in [-0.1, -0.05) is 60.3 Å². The SMILES string of the molecule is COc1ccc(-c2nn(-c3ccccc3)cc2CSc2nnc(Cc3ccccc3)n2C)cc1. The molecule has 0 bridgehead atoms. The Kier molecular flexibility index (Phi) is 6.44. The lowest BCUT2D eigenvalue weighted by Gasteiger charge is -2.05. The Morgan fingerprint density at radius 3 is 2.26 bits per heavy atom. The minimum atomic E-state index is 0.728. The number of benzene rings is 3. The number of ether oxygens (including phenoxy) is 1. The molecule has 2 heterocycles. The topological polar surface area (TPSA) is 57.8 Å². The van der Waals surface area contributed by atoms with Crippen molar-refractivity contribution in [3.05, 3.63) is 108 Å². The summed E-state index contributed by atoms with van der Waals surface area (Å²) >= 11 is 1.67. The fraction of sp³-hybridized carbons (Fsp3) is 0.148. The summed E-state index contributed by atoms with van der Waals surface area (Å²) in [6, 6.07) is 28.5. The summed E-state index contributed by atoms with van der Waals surface area (Å²) in [6.07, 6.45) is 2.86. The van der Waals surface area contributed by atoms with Gasteiger partial charge < -0.3 is 9.30 Å². The van der Waals surface area contributed by atoms with E-state index in [9.17, 15) is 0 Å². The third-order valence-electron chi connectivity index (χ3n) is 5.66. The van der Waals surface area contributed by atoms with Crippen molar-refractivity contribution >= 4 is 11.8 Å². The first-order valence-electron chi connectivity index (χ1n) is 11.0. The van der Waals surface area contributed by atoms with E-state index in [1.54, 1.807) is 18.9 Å². The molecule has 0 aliphatic rings. The molecule has 0 radical (unpaired) electrons. The van der Waals surface area contributed by atoms with E-state index in [0.717, 1.165) is 51.4 Å². The number of rotatable bonds is 8. The fourth-order valence-corrected chi connectivity index (χ4v) is 4.66. The van der Waals surface area contributed by atoms with E-state index in [0.29, 0.717) is 0 Å². The summed E-state index contributed by atoms with van der Waals surface area (Å²) in [4.78, 5) is 0. The van der Waals surface area contributed by atoms with Crippen LogP contribution in [-0.2, 0) is 19.2 Å². The number of aromatic nitrogens is 5. The molecule has 0 fully saturated rings. The van der Waals surface area contributed by atoms with Crippen molar-refractivity contribution in [3.8, 4) is 22.7 Å². The third-order valence-corrected chi connectivity index (χ3v) is 6.73. The van der Waals surface area contributed by atoms with Crippen molar-refractivity contribution < 1.29 is 4.74 Å². The smallest absolute Gasteiger partial charge is 0.191 e. The Bertz CT molecular complexity index is 1360. The number of hydrogen-bond acceptors (Lipinski definition) is 5. The summed E-state index contributed by atoms with van der Waals surface area (Å²) in [5.74, 6) is 2.50. The molecule has 6 nitrogen and oxygen atoms in total. The second-order valence-corrected chi connectivity index (χ2v) is 8.86. The Balaban J connectivity index is 1.41. The Labute approximate surface area is 203 Å². The van der Waals surface area contributed by atoms with E-state index in [1.807, 2.05) is 72.4 Å². The summed E-state index contributed by atoms with van der Waals surface area (Å²) in [5, 5.41) is 14.7. The average Bonchev–Trinajstić information content (AvgIpc) is 3.47. The zero-order valence-corrected chi connectivity index (χ0v) is 19.9. The van der Waals surface area contributed by atoms with E-state index >= 15 is 0 Å². The molecule has 0 N–H and O–H groups in total. The Morgan fingerprint density at radius 1 is 0.853 bits per heavy atom. The van der Waals surface area contributed by atoms with Crippen LogP contribution < -0.4 is 4.74 Å². The molecule has 34 heavy (non-hydrogen) atoms. The van der Waals surface area contributed by atoms with Gasteiger partial charge in [-0.3, -0.25) is 0 Å². The van der Waals surface area contributed by atoms with Crippen molar-refractivity contribution in [3.63, 3.8) is 0 Å². The third kappa shape index (κ3) is 4.75. The van der Waals surface area contributed by atoms with Gasteiger partial charge in [0.1, 0.15) is 11.6 Å². The van der Waals surface area contributed by atoms with Crippen LogP contribution in [0.2, 0.25) is 0 Å². The van der Waals surface area contributed by atoms with Gasteiger partial charge in [0, 0.05) is 36.5 Å². The monoisotopic (exact) mass is 467 g/mol. The van der Waals surface area contributed by atoms with Crippen LogP contribution in [0.15, 0.2) is 96.3 Å². The maximum Gasteiger partial charge on any atom is 0.191 e. The first-order valence-corrected chi connectivity index (χ1v) is 12.0. The number of para-hydroxylation sites is 1. The van der Waals surface area contributed by atoms with Crippen molar-refractivity contribution in [1.82, 2.24) is 24.5 Å². The Hall–Kier alpha value is -3.84.